The van der Waals surface area contributed by atoms with Crippen LogP contribution in [0, 0.1) is 0 Å². The lowest BCUT2D eigenvalue weighted by Gasteiger charge is -2.13. The van der Waals surface area contributed by atoms with Crippen molar-refractivity contribution in [2.24, 2.45) is 0 Å². The fourth-order valence-electron chi connectivity index (χ4n) is 1.89. The molecule has 0 bridgehead atoms. The van der Waals surface area contributed by atoms with Crippen LogP contribution in [0.25, 0.3) is 5.70 Å². The van der Waals surface area contributed by atoms with Crippen LogP contribution >= 0.6 is 11.6 Å². The van der Waals surface area contributed by atoms with Crippen molar-refractivity contribution in [3.63, 3.8) is 0 Å². The molecule has 0 aliphatic carbocycles. The van der Waals surface area contributed by atoms with Gasteiger partial charge in [0.2, 0.25) is 0 Å². The fourth-order valence-corrected chi connectivity index (χ4v) is 2.08. The third-order valence-corrected chi connectivity index (χ3v) is 3.13. The van der Waals surface area contributed by atoms with E-state index in [1.54, 1.807) is 24.3 Å². The van der Waals surface area contributed by atoms with Crippen molar-refractivity contribution in [1.82, 2.24) is 10.9 Å². The normalized spacial score (nSPS) is 11.0. The van der Waals surface area contributed by atoms with Gasteiger partial charge in [-0.1, -0.05) is 61.0 Å². The second-order valence-corrected chi connectivity index (χ2v) is 4.92. The van der Waals surface area contributed by atoms with E-state index >= 15 is 0 Å². The molecule has 1 amide bonds. The number of hydrazine groups is 1. The van der Waals surface area contributed by atoms with Crippen molar-refractivity contribution in [2.75, 3.05) is 0 Å². The van der Waals surface area contributed by atoms with E-state index < -0.39 is 0 Å². The highest BCUT2D eigenvalue weighted by molar-refractivity contribution is 6.30. The van der Waals surface area contributed by atoms with Crippen LogP contribution in [-0.4, -0.2) is 5.91 Å². The van der Waals surface area contributed by atoms with Gasteiger partial charge in [-0.05, 0) is 30.2 Å². The van der Waals surface area contributed by atoms with Crippen LogP contribution < -0.4 is 10.9 Å². The van der Waals surface area contributed by atoms with Gasteiger partial charge in [0.25, 0.3) is 5.91 Å². The van der Waals surface area contributed by atoms with Crippen LogP contribution in [0.15, 0.2) is 60.7 Å². The summed E-state index contributed by atoms with van der Waals surface area (Å²) in [6.45, 7) is 2.05. The smallest absolute Gasteiger partial charge is 0.269 e. The molecule has 0 spiro atoms. The van der Waals surface area contributed by atoms with Gasteiger partial charge in [-0.25, -0.2) is 0 Å². The van der Waals surface area contributed by atoms with Crippen LogP contribution in [0.2, 0.25) is 5.02 Å². The SMILES string of the molecule is CC/C=C(\NNC(=O)c1cccc(Cl)c1)c1ccccc1. The van der Waals surface area contributed by atoms with Crippen molar-refractivity contribution in [2.45, 2.75) is 13.3 Å². The third-order valence-electron chi connectivity index (χ3n) is 2.89. The van der Waals surface area contributed by atoms with Crippen LogP contribution in [0.5, 0.6) is 0 Å². The van der Waals surface area contributed by atoms with E-state index in [9.17, 15) is 4.79 Å². The Morgan fingerprint density at radius 3 is 2.43 bits per heavy atom. The molecule has 0 aliphatic rings. The lowest BCUT2D eigenvalue weighted by molar-refractivity contribution is 0.0942. The molecule has 4 heteroatoms. The second-order valence-electron chi connectivity index (χ2n) is 4.48. The average molecular weight is 301 g/mol. The fraction of sp³-hybridized carbons (Fsp3) is 0.118. The second kappa shape index (κ2) is 7.50. The summed E-state index contributed by atoms with van der Waals surface area (Å²) in [5, 5.41) is 0.537. The van der Waals surface area contributed by atoms with E-state index in [4.69, 9.17) is 11.6 Å². The molecule has 0 atom stereocenters. The first-order chi connectivity index (χ1) is 10.2. The Bertz CT molecular complexity index is 638. The summed E-state index contributed by atoms with van der Waals surface area (Å²) >= 11 is 5.89. The molecule has 0 unspecified atom stereocenters. The lowest BCUT2D eigenvalue weighted by Crippen LogP contribution is -2.36. The molecule has 0 aromatic heterocycles. The van der Waals surface area contributed by atoms with E-state index in [-0.39, 0.29) is 5.91 Å². The Hall–Kier alpha value is -2.26. The van der Waals surface area contributed by atoms with Crippen molar-refractivity contribution in [1.29, 1.82) is 0 Å². The average Bonchev–Trinajstić information content (AvgIpc) is 2.52. The minimum Gasteiger partial charge on any atom is -0.298 e. The van der Waals surface area contributed by atoms with Gasteiger partial charge in [0.15, 0.2) is 0 Å². The van der Waals surface area contributed by atoms with Gasteiger partial charge >= 0.3 is 0 Å². The van der Waals surface area contributed by atoms with Crippen LogP contribution in [-0.2, 0) is 0 Å². The monoisotopic (exact) mass is 300 g/mol. The van der Waals surface area contributed by atoms with Crippen molar-refractivity contribution in [3.8, 4) is 0 Å². The van der Waals surface area contributed by atoms with E-state index in [0.29, 0.717) is 10.6 Å². The Balaban J connectivity index is 2.06. The number of hydrogen-bond acceptors (Lipinski definition) is 2. The predicted molar refractivity (Wildman–Crippen MR) is 86.8 cm³/mol. The van der Waals surface area contributed by atoms with Gasteiger partial charge in [0.1, 0.15) is 0 Å². The zero-order valence-electron chi connectivity index (χ0n) is 11.8. The number of halogens is 1. The Labute approximate surface area is 129 Å². The molecule has 108 valence electrons. The molecule has 0 saturated carbocycles. The molecule has 2 aromatic carbocycles. The first-order valence-corrected chi connectivity index (χ1v) is 7.16. The largest absolute Gasteiger partial charge is 0.298 e. The van der Waals surface area contributed by atoms with E-state index in [2.05, 4.69) is 10.9 Å². The highest BCUT2D eigenvalue weighted by Crippen LogP contribution is 2.12. The molecule has 2 rings (SSSR count). The molecule has 0 heterocycles. The maximum absolute atomic E-state index is 12.1. The summed E-state index contributed by atoms with van der Waals surface area (Å²) < 4.78 is 0. The first kappa shape index (κ1) is 15.1. The highest BCUT2D eigenvalue weighted by Gasteiger charge is 2.06. The zero-order chi connectivity index (χ0) is 15.1. The molecular weight excluding hydrogens is 284 g/mol. The van der Waals surface area contributed by atoms with Gasteiger partial charge < -0.3 is 0 Å². The van der Waals surface area contributed by atoms with Gasteiger partial charge in [0.05, 0.1) is 5.70 Å². The number of carbonyl (C=O) groups is 1. The summed E-state index contributed by atoms with van der Waals surface area (Å²) in [5.41, 5.74) is 8.07. The summed E-state index contributed by atoms with van der Waals surface area (Å²) in [7, 11) is 0. The van der Waals surface area contributed by atoms with Crippen LogP contribution in [0.1, 0.15) is 29.3 Å². The molecule has 3 nitrogen and oxygen atoms in total. The van der Waals surface area contributed by atoms with E-state index in [1.807, 2.05) is 43.3 Å². The zero-order valence-corrected chi connectivity index (χ0v) is 12.5. The van der Waals surface area contributed by atoms with Gasteiger partial charge in [-0.15, -0.1) is 0 Å². The van der Waals surface area contributed by atoms with E-state index in [0.717, 1.165) is 17.7 Å². The maximum Gasteiger partial charge on any atom is 0.269 e. The van der Waals surface area contributed by atoms with Crippen molar-refractivity contribution >= 4 is 23.2 Å². The Kier molecular flexibility index (Phi) is 5.41. The number of allylic oxidation sites excluding steroid dienone is 1. The van der Waals surface area contributed by atoms with Crippen molar-refractivity contribution < 1.29 is 4.79 Å². The molecule has 0 fully saturated rings. The van der Waals surface area contributed by atoms with Gasteiger partial charge in [-0.2, -0.15) is 0 Å². The highest BCUT2D eigenvalue weighted by atomic mass is 35.5. The topological polar surface area (TPSA) is 41.1 Å². The number of benzene rings is 2. The minimum atomic E-state index is -0.226. The summed E-state index contributed by atoms with van der Waals surface area (Å²) in [5.74, 6) is -0.226. The molecule has 0 radical (unpaired) electrons. The summed E-state index contributed by atoms with van der Waals surface area (Å²) in [6.07, 6.45) is 2.89. The Morgan fingerprint density at radius 2 is 1.76 bits per heavy atom. The number of carbonyl (C=O) groups excluding carboxylic acids is 1. The molecule has 2 N–H and O–H groups in total. The maximum atomic E-state index is 12.1. The number of rotatable bonds is 5. The predicted octanol–water partition coefficient (Wildman–Crippen LogP) is 4.03. The summed E-state index contributed by atoms with van der Waals surface area (Å²) in [4.78, 5) is 12.1. The van der Waals surface area contributed by atoms with E-state index in [1.165, 1.54) is 0 Å². The van der Waals surface area contributed by atoms with Crippen LogP contribution in [0.4, 0.5) is 0 Å². The quantitative estimate of drug-likeness (QED) is 0.819. The number of hydrogen-bond donors (Lipinski definition) is 2. The summed E-state index contributed by atoms with van der Waals surface area (Å²) in [6, 6.07) is 16.7. The lowest BCUT2D eigenvalue weighted by atomic mass is 10.1. The van der Waals surface area contributed by atoms with Gasteiger partial charge in [0, 0.05) is 10.6 Å². The Morgan fingerprint density at radius 1 is 1.05 bits per heavy atom. The molecule has 2 aromatic rings. The van der Waals surface area contributed by atoms with Crippen LogP contribution in [0.3, 0.4) is 0 Å². The number of nitrogens with one attached hydrogen (secondary N) is 2. The molecular formula is C17H17ClN2O. The minimum absolute atomic E-state index is 0.226. The standard InChI is InChI=1S/C17H17ClN2O/c1-2-7-16(13-8-4-3-5-9-13)19-20-17(21)14-10-6-11-15(18)12-14/h3-12,19H,2H2,1H3,(H,20,21)/b16-7-. The third kappa shape index (κ3) is 4.36. The molecule has 0 aliphatic heterocycles. The van der Waals surface area contributed by atoms with Gasteiger partial charge in [-0.3, -0.25) is 15.6 Å². The molecule has 0 saturated heterocycles. The number of amides is 1. The molecule has 21 heavy (non-hydrogen) atoms. The van der Waals surface area contributed by atoms with Crippen molar-refractivity contribution in [3.05, 3.63) is 76.8 Å². The first-order valence-electron chi connectivity index (χ1n) is 6.78.